The summed E-state index contributed by atoms with van der Waals surface area (Å²) >= 11 is 0. The summed E-state index contributed by atoms with van der Waals surface area (Å²) in [5.41, 5.74) is 3.87. The van der Waals surface area contributed by atoms with Crippen LogP contribution < -0.4 is 4.90 Å². The van der Waals surface area contributed by atoms with Crippen LogP contribution in [0.4, 0.5) is 5.69 Å². The first-order valence-corrected chi connectivity index (χ1v) is 10.7. The van der Waals surface area contributed by atoms with E-state index in [0.717, 1.165) is 36.5 Å². The summed E-state index contributed by atoms with van der Waals surface area (Å²) < 4.78 is 12.9. The average Bonchev–Trinajstić information content (AvgIpc) is 3.39. The van der Waals surface area contributed by atoms with Gasteiger partial charge in [-0.05, 0) is 56.5 Å². The van der Waals surface area contributed by atoms with Gasteiger partial charge in [0.2, 0.25) is 5.78 Å². The lowest BCUT2D eigenvalue weighted by molar-refractivity contribution is -0.137. The van der Waals surface area contributed by atoms with E-state index in [0.29, 0.717) is 17.7 Å². The van der Waals surface area contributed by atoms with Crippen molar-refractivity contribution < 1.29 is 19.1 Å². The number of rotatable bonds is 8. The van der Waals surface area contributed by atoms with Crippen molar-refractivity contribution >= 4 is 23.5 Å². The Balaban J connectivity index is 1.64. The lowest BCUT2D eigenvalue weighted by atomic mass is 10.1. The second-order valence-electron chi connectivity index (χ2n) is 8.19. The fraction of sp³-hybridized carbons (Fsp3) is 0.400. The van der Waals surface area contributed by atoms with Crippen LogP contribution in [0.3, 0.4) is 0 Å². The maximum atomic E-state index is 12.7. The summed E-state index contributed by atoms with van der Waals surface area (Å²) in [6.07, 6.45) is 3.69. The van der Waals surface area contributed by atoms with Crippen LogP contribution in [0.15, 0.2) is 35.9 Å². The Morgan fingerprint density at radius 2 is 2.00 bits per heavy atom. The maximum absolute atomic E-state index is 12.7. The number of Topliss-reactive ketones (excluding diaryl/α,β-unsaturated/α-hetero) is 1. The highest BCUT2D eigenvalue weighted by Crippen LogP contribution is 2.21. The Morgan fingerprint density at radius 1 is 1.28 bits per heavy atom. The first-order valence-electron chi connectivity index (χ1n) is 10.7. The number of nitriles is 1. The highest BCUT2D eigenvalue weighted by Gasteiger charge is 2.22. The van der Waals surface area contributed by atoms with Crippen molar-refractivity contribution in [2.45, 2.75) is 39.3 Å². The predicted octanol–water partition coefficient (Wildman–Crippen LogP) is 3.68. The SMILES string of the molecule is Cc1cc(C(=O)COC(=O)C(C#N)=Cc2ccc(N(C)C)cc2)c(C)n1CC1CCCO1. The third-order valence-electron chi connectivity index (χ3n) is 5.68. The first kappa shape index (κ1) is 23.3. The number of ketones is 1. The van der Waals surface area contributed by atoms with Crippen molar-refractivity contribution in [3.05, 3.63) is 58.4 Å². The van der Waals surface area contributed by atoms with Gasteiger partial charge in [0.1, 0.15) is 11.6 Å². The molecule has 1 unspecified atom stereocenters. The smallest absolute Gasteiger partial charge is 0.349 e. The Hall–Kier alpha value is -3.37. The molecular formula is C25H29N3O4. The van der Waals surface area contributed by atoms with Gasteiger partial charge in [-0.1, -0.05) is 12.1 Å². The van der Waals surface area contributed by atoms with Gasteiger partial charge in [0.05, 0.1) is 6.10 Å². The van der Waals surface area contributed by atoms with Gasteiger partial charge in [0, 0.05) is 49.9 Å². The molecule has 0 N–H and O–H groups in total. The van der Waals surface area contributed by atoms with E-state index < -0.39 is 12.6 Å². The molecule has 0 bridgehead atoms. The molecule has 0 aliphatic carbocycles. The minimum atomic E-state index is -0.814. The number of carbonyl (C=O) groups excluding carboxylic acids is 2. The molecule has 0 spiro atoms. The number of carbonyl (C=O) groups is 2. The van der Waals surface area contributed by atoms with Crippen LogP contribution in [0.2, 0.25) is 0 Å². The van der Waals surface area contributed by atoms with Gasteiger partial charge in [0.15, 0.2) is 6.61 Å². The van der Waals surface area contributed by atoms with Crippen LogP contribution in [0.25, 0.3) is 6.08 Å². The highest BCUT2D eigenvalue weighted by atomic mass is 16.5. The summed E-state index contributed by atoms with van der Waals surface area (Å²) in [4.78, 5) is 27.1. The number of benzene rings is 1. The molecule has 0 saturated carbocycles. The Morgan fingerprint density at radius 3 is 2.59 bits per heavy atom. The third-order valence-corrected chi connectivity index (χ3v) is 5.68. The lowest BCUT2D eigenvalue weighted by Gasteiger charge is -2.14. The van der Waals surface area contributed by atoms with E-state index in [1.807, 2.05) is 69.2 Å². The third kappa shape index (κ3) is 5.45. The van der Waals surface area contributed by atoms with Crippen LogP contribution in [-0.4, -0.2) is 49.7 Å². The molecule has 1 atom stereocenters. The Kier molecular flexibility index (Phi) is 7.49. The molecule has 1 saturated heterocycles. The zero-order valence-electron chi connectivity index (χ0n) is 19.1. The number of aryl methyl sites for hydroxylation is 1. The zero-order valence-corrected chi connectivity index (χ0v) is 19.1. The number of hydrogen-bond donors (Lipinski definition) is 0. The van der Waals surface area contributed by atoms with E-state index in [1.165, 1.54) is 6.08 Å². The summed E-state index contributed by atoms with van der Waals surface area (Å²) in [5.74, 6) is -1.11. The van der Waals surface area contributed by atoms with Gasteiger partial charge in [-0.25, -0.2) is 4.79 Å². The maximum Gasteiger partial charge on any atom is 0.349 e. The highest BCUT2D eigenvalue weighted by molar-refractivity contribution is 6.02. The van der Waals surface area contributed by atoms with E-state index in [-0.39, 0.29) is 17.5 Å². The van der Waals surface area contributed by atoms with E-state index in [4.69, 9.17) is 9.47 Å². The quantitative estimate of drug-likeness (QED) is 0.272. The second-order valence-corrected chi connectivity index (χ2v) is 8.19. The molecule has 1 aromatic carbocycles. The number of hydrogen-bond acceptors (Lipinski definition) is 6. The molecule has 3 rings (SSSR count). The van der Waals surface area contributed by atoms with Gasteiger partial charge < -0.3 is 18.9 Å². The van der Waals surface area contributed by atoms with Gasteiger partial charge in [-0.3, -0.25) is 4.79 Å². The van der Waals surface area contributed by atoms with Crippen molar-refractivity contribution in [2.24, 2.45) is 0 Å². The van der Waals surface area contributed by atoms with E-state index in [2.05, 4.69) is 4.57 Å². The fourth-order valence-corrected chi connectivity index (χ4v) is 3.82. The largest absolute Gasteiger partial charge is 0.453 e. The minimum Gasteiger partial charge on any atom is -0.453 e. The Labute approximate surface area is 188 Å². The second kappa shape index (κ2) is 10.3. The van der Waals surface area contributed by atoms with E-state index in [9.17, 15) is 14.9 Å². The molecule has 7 nitrogen and oxygen atoms in total. The standard InChI is InChI=1S/C25H29N3O4/c1-17-12-23(18(2)28(17)15-22-6-5-11-31-22)24(29)16-32-25(30)20(14-26)13-19-7-9-21(10-8-19)27(3)4/h7-10,12-13,22H,5-6,11,15-16H2,1-4H3. The molecule has 7 heteroatoms. The molecule has 1 aromatic heterocycles. The molecule has 32 heavy (non-hydrogen) atoms. The molecule has 1 aliphatic heterocycles. The van der Waals surface area contributed by atoms with Crippen LogP contribution >= 0.6 is 0 Å². The van der Waals surface area contributed by atoms with E-state index >= 15 is 0 Å². The molecule has 168 valence electrons. The summed E-state index contributed by atoms with van der Waals surface area (Å²) in [7, 11) is 3.86. The normalized spacial score (nSPS) is 16.0. The molecule has 2 heterocycles. The first-order chi connectivity index (χ1) is 15.3. The van der Waals surface area contributed by atoms with Crippen molar-refractivity contribution in [1.29, 1.82) is 5.26 Å². The number of anilines is 1. The van der Waals surface area contributed by atoms with Gasteiger partial charge in [-0.2, -0.15) is 5.26 Å². The lowest BCUT2D eigenvalue weighted by Crippen LogP contribution is -2.18. The van der Waals surface area contributed by atoms with Crippen molar-refractivity contribution in [3.8, 4) is 6.07 Å². The topological polar surface area (TPSA) is 84.6 Å². The molecule has 0 amide bonds. The van der Waals surface area contributed by atoms with Crippen LogP contribution in [0.5, 0.6) is 0 Å². The van der Waals surface area contributed by atoms with Gasteiger partial charge >= 0.3 is 5.97 Å². The van der Waals surface area contributed by atoms with E-state index in [1.54, 1.807) is 0 Å². The van der Waals surface area contributed by atoms with Crippen LogP contribution in [0, 0.1) is 25.2 Å². The number of esters is 1. The average molecular weight is 436 g/mol. The number of aromatic nitrogens is 1. The fourth-order valence-electron chi connectivity index (χ4n) is 3.82. The molecule has 1 aliphatic rings. The number of nitrogens with zero attached hydrogens (tertiary/aromatic N) is 3. The molecule has 0 radical (unpaired) electrons. The summed E-state index contributed by atoms with van der Waals surface area (Å²) in [6.45, 7) is 4.90. The molecular weight excluding hydrogens is 406 g/mol. The van der Waals surface area contributed by atoms with Crippen molar-refractivity contribution in [3.63, 3.8) is 0 Å². The molecule has 2 aromatic rings. The summed E-state index contributed by atoms with van der Waals surface area (Å²) in [6, 6.07) is 11.1. The predicted molar refractivity (Wildman–Crippen MR) is 123 cm³/mol. The van der Waals surface area contributed by atoms with Crippen molar-refractivity contribution in [1.82, 2.24) is 4.57 Å². The molecule has 1 fully saturated rings. The van der Waals surface area contributed by atoms with Crippen LogP contribution in [-0.2, 0) is 20.8 Å². The van der Waals surface area contributed by atoms with Crippen molar-refractivity contribution in [2.75, 3.05) is 32.2 Å². The van der Waals surface area contributed by atoms with Gasteiger partial charge in [0.25, 0.3) is 0 Å². The van der Waals surface area contributed by atoms with Crippen LogP contribution in [0.1, 0.15) is 40.2 Å². The van der Waals surface area contributed by atoms with Gasteiger partial charge in [-0.15, -0.1) is 0 Å². The Bertz CT molecular complexity index is 1050. The number of ether oxygens (including phenoxy) is 2. The monoisotopic (exact) mass is 435 g/mol. The minimum absolute atomic E-state index is 0.153. The summed E-state index contributed by atoms with van der Waals surface area (Å²) in [5, 5.41) is 9.37. The zero-order chi connectivity index (χ0) is 23.3.